The van der Waals surface area contributed by atoms with Gasteiger partial charge in [-0.2, -0.15) is 0 Å². The van der Waals surface area contributed by atoms with Crippen LogP contribution in [0.1, 0.15) is 38.9 Å². The van der Waals surface area contributed by atoms with Gasteiger partial charge in [0.05, 0.1) is 36.9 Å². The van der Waals surface area contributed by atoms with E-state index in [-0.39, 0.29) is 25.4 Å². The van der Waals surface area contributed by atoms with Crippen molar-refractivity contribution in [3.05, 3.63) is 24.2 Å². The minimum Gasteiger partial charge on any atom is -0.469 e. The molecule has 7 nitrogen and oxygen atoms in total. The second-order valence-corrected chi connectivity index (χ2v) is 6.00. The van der Waals surface area contributed by atoms with E-state index < -0.39 is 41.1 Å². The van der Waals surface area contributed by atoms with E-state index in [4.69, 9.17) is 13.9 Å². The molecule has 0 spiro atoms. The highest BCUT2D eigenvalue weighted by Gasteiger charge is 2.58. The zero-order valence-electron chi connectivity index (χ0n) is 14.0. The molecule has 1 aliphatic rings. The van der Waals surface area contributed by atoms with Crippen LogP contribution >= 0.6 is 0 Å². The van der Waals surface area contributed by atoms with E-state index in [1.165, 1.54) is 13.2 Å². The quantitative estimate of drug-likeness (QED) is 0.640. The van der Waals surface area contributed by atoms with E-state index in [0.29, 0.717) is 0 Å². The van der Waals surface area contributed by atoms with Crippen molar-refractivity contribution in [2.24, 2.45) is 11.8 Å². The highest BCUT2D eigenvalue weighted by Crippen LogP contribution is 2.46. The van der Waals surface area contributed by atoms with Crippen molar-refractivity contribution < 1.29 is 33.4 Å². The van der Waals surface area contributed by atoms with Gasteiger partial charge in [0.25, 0.3) is 0 Å². The number of carbonyl (C=O) groups excluding carboxylic acids is 3. The van der Waals surface area contributed by atoms with Gasteiger partial charge in [-0.1, -0.05) is 0 Å². The Balaban J connectivity index is 2.53. The van der Waals surface area contributed by atoms with Gasteiger partial charge in [-0.15, -0.1) is 0 Å². The molecular weight excluding hydrogens is 316 g/mol. The summed E-state index contributed by atoms with van der Waals surface area (Å²) in [6.45, 7) is 4.89. The first kappa shape index (κ1) is 18.2. The SMILES string of the molecule is CCOC(=O)[C@H]1C(=O)C[C@](C)(O)[C@@H](C(=O)OCC)[C@@H]1c1ccco1. The number of ether oxygens (including phenoxy) is 2. The largest absolute Gasteiger partial charge is 0.469 e. The molecule has 1 fully saturated rings. The number of furan rings is 1. The van der Waals surface area contributed by atoms with Crippen LogP contribution in [0.3, 0.4) is 0 Å². The van der Waals surface area contributed by atoms with E-state index in [0.717, 1.165) is 0 Å². The molecule has 7 heteroatoms. The second kappa shape index (κ2) is 7.17. The van der Waals surface area contributed by atoms with Crippen LogP contribution in [-0.4, -0.2) is 41.6 Å². The molecule has 1 heterocycles. The van der Waals surface area contributed by atoms with Gasteiger partial charge in [0.2, 0.25) is 0 Å². The third-order valence-corrected chi connectivity index (χ3v) is 4.22. The van der Waals surface area contributed by atoms with Crippen LogP contribution in [0.5, 0.6) is 0 Å². The summed E-state index contributed by atoms with van der Waals surface area (Å²) in [5.41, 5.74) is -1.65. The molecule has 0 aliphatic heterocycles. The lowest BCUT2D eigenvalue weighted by Gasteiger charge is -2.42. The molecule has 0 amide bonds. The Bertz CT molecular complexity index is 602. The fourth-order valence-electron chi connectivity index (χ4n) is 3.30. The lowest BCUT2D eigenvalue weighted by Crippen LogP contribution is -2.55. The monoisotopic (exact) mass is 338 g/mol. The van der Waals surface area contributed by atoms with Crippen molar-refractivity contribution in [2.45, 2.75) is 38.7 Å². The Morgan fingerprint density at radius 1 is 1.29 bits per heavy atom. The molecule has 132 valence electrons. The molecule has 4 atom stereocenters. The number of hydrogen-bond acceptors (Lipinski definition) is 7. The van der Waals surface area contributed by atoms with Crippen LogP contribution in [0.2, 0.25) is 0 Å². The number of carbonyl (C=O) groups is 3. The van der Waals surface area contributed by atoms with Gasteiger partial charge in [0.1, 0.15) is 11.7 Å². The Kier molecular flexibility index (Phi) is 5.43. The van der Waals surface area contributed by atoms with E-state index in [1.807, 2.05) is 0 Å². The third-order valence-electron chi connectivity index (χ3n) is 4.22. The predicted octanol–water partition coefficient (Wildman–Crippen LogP) is 1.45. The van der Waals surface area contributed by atoms with Crippen LogP contribution in [0.4, 0.5) is 0 Å². The summed E-state index contributed by atoms with van der Waals surface area (Å²) >= 11 is 0. The van der Waals surface area contributed by atoms with Crippen LogP contribution < -0.4 is 0 Å². The van der Waals surface area contributed by atoms with Gasteiger partial charge in [-0.25, -0.2) is 0 Å². The van der Waals surface area contributed by atoms with E-state index in [1.54, 1.807) is 26.0 Å². The van der Waals surface area contributed by atoms with Crippen molar-refractivity contribution >= 4 is 17.7 Å². The van der Waals surface area contributed by atoms with Gasteiger partial charge >= 0.3 is 11.9 Å². The fourth-order valence-corrected chi connectivity index (χ4v) is 3.30. The second-order valence-electron chi connectivity index (χ2n) is 6.00. The number of ketones is 1. The third kappa shape index (κ3) is 3.36. The van der Waals surface area contributed by atoms with Gasteiger partial charge in [-0.05, 0) is 32.9 Å². The molecule has 0 unspecified atom stereocenters. The van der Waals surface area contributed by atoms with Crippen LogP contribution in [-0.2, 0) is 23.9 Å². The maximum absolute atomic E-state index is 12.5. The molecule has 1 N–H and O–H groups in total. The van der Waals surface area contributed by atoms with Crippen molar-refractivity contribution in [2.75, 3.05) is 13.2 Å². The van der Waals surface area contributed by atoms with E-state index in [9.17, 15) is 19.5 Å². The predicted molar refractivity (Wildman–Crippen MR) is 81.9 cm³/mol. The molecule has 0 bridgehead atoms. The number of rotatable bonds is 5. The average molecular weight is 338 g/mol. The summed E-state index contributed by atoms with van der Waals surface area (Å²) < 4.78 is 15.4. The Morgan fingerprint density at radius 2 is 1.92 bits per heavy atom. The number of aliphatic hydroxyl groups is 1. The van der Waals surface area contributed by atoms with Gasteiger partial charge in [0, 0.05) is 6.42 Å². The summed E-state index contributed by atoms with van der Waals surface area (Å²) in [7, 11) is 0. The zero-order chi connectivity index (χ0) is 17.9. The maximum atomic E-state index is 12.5. The summed E-state index contributed by atoms with van der Waals surface area (Å²) in [5, 5.41) is 10.7. The van der Waals surface area contributed by atoms with Crippen LogP contribution in [0.15, 0.2) is 22.8 Å². The van der Waals surface area contributed by atoms with Crippen molar-refractivity contribution in [1.82, 2.24) is 0 Å². The molecule has 0 radical (unpaired) electrons. The van der Waals surface area contributed by atoms with Gasteiger partial charge in [0.15, 0.2) is 5.78 Å². The van der Waals surface area contributed by atoms with E-state index in [2.05, 4.69) is 0 Å². The molecule has 1 aromatic rings. The molecular formula is C17H22O7. The molecule has 2 rings (SSSR count). The summed E-state index contributed by atoms with van der Waals surface area (Å²) in [6.07, 6.45) is 1.05. The van der Waals surface area contributed by atoms with E-state index >= 15 is 0 Å². The zero-order valence-corrected chi connectivity index (χ0v) is 14.0. The minimum absolute atomic E-state index is 0.105. The van der Waals surface area contributed by atoms with Crippen LogP contribution in [0.25, 0.3) is 0 Å². The summed E-state index contributed by atoms with van der Waals surface area (Å²) in [6, 6.07) is 3.16. The lowest BCUT2D eigenvalue weighted by atomic mass is 9.63. The molecule has 0 saturated heterocycles. The number of Topliss-reactive ketones (excluding diaryl/α,β-unsaturated/α-hetero) is 1. The molecule has 1 aliphatic carbocycles. The first-order valence-corrected chi connectivity index (χ1v) is 7.95. The fraction of sp³-hybridized carbons (Fsp3) is 0.588. The molecule has 24 heavy (non-hydrogen) atoms. The highest BCUT2D eigenvalue weighted by molar-refractivity contribution is 6.02. The van der Waals surface area contributed by atoms with Crippen molar-refractivity contribution in [1.29, 1.82) is 0 Å². The standard InChI is InChI=1S/C17H22O7/c1-4-22-15(19)12-10(18)9-17(3,21)14(16(20)23-5-2)13(12)11-7-6-8-24-11/h6-8,12-14,21H,4-5,9H2,1-3H3/t12-,13+,14+,17-/m0/s1. The van der Waals surface area contributed by atoms with Crippen molar-refractivity contribution in [3.63, 3.8) is 0 Å². The number of hydrogen-bond donors (Lipinski definition) is 1. The normalized spacial score (nSPS) is 30.0. The van der Waals surface area contributed by atoms with Crippen molar-refractivity contribution in [3.8, 4) is 0 Å². The Hall–Kier alpha value is -2.15. The molecule has 1 saturated carbocycles. The highest BCUT2D eigenvalue weighted by atomic mass is 16.5. The van der Waals surface area contributed by atoms with Gasteiger partial charge < -0.3 is 19.0 Å². The molecule has 1 aromatic heterocycles. The Morgan fingerprint density at radius 3 is 2.46 bits per heavy atom. The summed E-state index contributed by atoms with van der Waals surface area (Å²) in [5.74, 6) is -4.94. The first-order chi connectivity index (χ1) is 11.3. The first-order valence-electron chi connectivity index (χ1n) is 7.95. The molecule has 0 aromatic carbocycles. The topological polar surface area (TPSA) is 103 Å². The Labute approximate surface area is 139 Å². The average Bonchev–Trinajstić information content (AvgIpc) is 2.99. The smallest absolute Gasteiger partial charge is 0.317 e. The van der Waals surface area contributed by atoms with Gasteiger partial charge in [-0.3, -0.25) is 14.4 Å². The van der Waals surface area contributed by atoms with Crippen LogP contribution in [0, 0.1) is 11.8 Å². The lowest BCUT2D eigenvalue weighted by molar-refractivity contribution is -0.173. The minimum atomic E-state index is -1.65. The summed E-state index contributed by atoms with van der Waals surface area (Å²) in [4.78, 5) is 37.3. The number of esters is 2. The maximum Gasteiger partial charge on any atom is 0.317 e.